The van der Waals surface area contributed by atoms with Gasteiger partial charge in [0.15, 0.2) is 0 Å². The standard InChI is InChI=1S/C25H23BrN4O/c26-23(24(28-29-27)20-14-8-3-9-15-20)25(31)30-21(18-10-4-1-5-11-18)16-17-22(30)19-12-6-2-7-13-19/h1-15,21-24H,16-17H2/t21-,22-,23-,24-/m0/s1. The Morgan fingerprint density at radius 3 is 1.77 bits per heavy atom. The summed E-state index contributed by atoms with van der Waals surface area (Å²) in [6.45, 7) is 0. The molecule has 156 valence electrons. The van der Waals surface area contributed by atoms with Crippen LogP contribution in [0.4, 0.5) is 0 Å². The van der Waals surface area contributed by atoms with Crippen LogP contribution in [-0.4, -0.2) is 15.6 Å². The molecular formula is C25H23BrN4O. The van der Waals surface area contributed by atoms with Gasteiger partial charge in [0.25, 0.3) is 0 Å². The number of hydrogen-bond donors (Lipinski definition) is 0. The van der Waals surface area contributed by atoms with E-state index in [0.29, 0.717) is 0 Å². The van der Waals surface area contributed by atoms with Gasteiger partial charge in [-0.15, -0.1) is 0 Å². The van der Waals surface area contributed by atoms with E-state index in [2.05, 4.69) is 50.2 Å². The molecule has 0 N–H and O–H groups in total. The lowest BCUT2D eigenvalue weighted by Crippen LogP contribution is -2.40. The molecule has 1 fully saturated rings. The third-order valence-corrected chi connectivity index (χ3v) is 6.73. The number of carbonyl (C=O) groups is 1. The Morgan fingerprint density at radius 1 is 0.871 bits per heavy atom. The van der Waals surface area contributed by atoms with E-state index in [1.54, 1.807) is 0 Å². The van der Waals surface area contributed by atoms with E-state index in [1.807, 2.05) is 71.6 Å². The predicted molar refractivity (Wildman–Crippen MR) is 125 cm³/mol. The number of likely N-dealkylation sites (tertiary alicyclic amines) is 1. The first-order valence-corrected chi connectivity index (χ1v) is 11.3. The van der Waals surface area contributed by atoms with Crippen molar-refractivity contribution in [2.75, 3.05) is 0 Å². The molecule has 0 aliphatic carbocycles. The lowest BCUT2D eigenvalue weighted by atomic mass is 10.0. The highest BCUT2D eigenvalue weighted by Crippen LogP contribution is 2.45. The van der Waals surface area contributed by atoms with Gasteiger partial charge in [-0.3, -0.25) is 4.79 Å². The lowest BCUT2D eigenvalue weighted by Gasteiger charge is -2.34. The Morgan fingerprint density at radius 2 is 1.32 bits per heavy atom. The van der Waals surface area contributed by atoms with Crippen LogP contribution < -0.4 is 0 Å². The first-order chi connectivity index (χ1) is 15.2. The zero-order chi connectivity index (χ0) is 21.6. The van der Waals surface area contributed by atoms with E-state index >= 15 is 0 Å². The van der Waals surface area contributed by atoms with Crippen LogP contribution in [0.15, 0.2) is 96.1 Å². The van der Waals surface area contributed by atoms with Gasteiger partial charge in [0.05, 0.1) is 18.1 Å². The van der Waals surface area contributed by atoms with Crippen molar-refractivity contribution in [3.05, 3.63) is 118 Å². The minimum atomic E-state index is -0.665. The molecule has 1 aliphatic heterocycles. The van der Waals surface area contributed by atoms with Gasteiger partial charge in [0.1, 0.15) is 4.83 Å². The molecule has 0 bridgehead atoms. The molecule has 1 heterocycles. The summed E-state index contributed by atoms with van der Waals surface area (Å²) in [5.41, 5.74) is 12.2. The fraction of sp³-hybridized carbons (Fsp3) is 0.240. The summed E-state index contributed by atoms with van der Waals surface area (Å²) in [4.78, 5) is 18.2. The molecule has 0 aromatic heterocycles. The molecule has 0 radical (unpaired) electrons. The Labute approximate surface area is 190 Å². The van der Waals surface area contributed by atoms with Crippen molar-refractivity contribution in [2.24, 2.45) is 5.11 Å². The number of hydrogen-bond acceptors (Lipinski definition) is 2. The summed E-state index contributed by atoms with van der Waals surface area (Å²) in [5.74, 6) is -0.0681. The second-order valence-electron chi connectivity index (χ2n) is 7.64. The molecule has 3 aromatic rings. The van der Waals surface area contributed by atoms with E-state index in [9.17, 15) is 4.79 Å². The van der Waals surface area contributed by atoms with Gasteiger partial charge in [0, 0.05) is 4.91 Å². The Bertz CT molecular complexity index is 1010. The highest BCUT2D eigenvalue weighted by molar-refractivity contribution is 9.10. The van der Waals surface area contributed by atoms with Gasteiger partial charge in [-0.2, -0.15) is 0 Å². The number of azide groups is 1. The van der Waals surface area contributed by atoms with Gasteiger partial charge in [-0.05, 0) is 35.1 Å². The Kier molecular flexibility index (Phi) is 6.70. The van der Waals surface area contributed by atoms with Crippen LogP contribution in [0.1, 0.15) is 47.7 Å². The SMILES string of the molecule is [N-]=[N+]=N[C@@H](c1ccccc1)[C@H](Br)C(=O)N1[C@H](c2ccccc2)CC[C@H]1c1ccccc1. The molecule has 0 unspecified atom stereocenters. The van der Waals surface area contributed by atoms with Gasteiger partial charge in [-0.25, -0.2) is 0 Å². The molecule has 6 heteroatoms. The van der Waals surface area contributed by atoms with Gasteiger partial charge in [0.2, 0.25) is 5.91 Å². The minimum Gasteiger partial charge on any atom is -0.328 e. The van der Waals surface area contributed by atoms with E-state index < -0.39 is 10.9 Å². The Hall–Kier alpha value is -3.08. The summed E-state index contributed by atoms with van der Waals surface area (Å²) >= 11 is 3.60. The normalized spacial score (nSPS) is 20.0. The average Bonchev–Trinajstić information content (AvgIpc) is 3.28. The van der Waals surface area contributed by atoms with E-state index in [1.165, 1.54) is 0 Å². The van der Waals surface area contributed by atoms with Crippen molar-refractivity contribution >= 4 is 21.8 Å². The van der Waals surface area contributed by atoms with E-state index in [4.69, 9.17) is 5.53 Å². The predicted octanol–water partition coefficient (Wildman–Crippen LogP) is 6.91. The van der Waals surface area contributed by atoms with Gasteiger partial charge >= 0.3 is 0 Å². The number of nitrogens with zero attached hydrogens (tertiary/aromatic N) is 4. The highest BCUT2D eigenvalue weighted by Gasteiger charge is 2.42. The number of amides is 1. The lowest BCUT2D eigenvalue weighted by molar-refractivity contribution is -0.134. The molecule has 3 aromatic carbocycles. The van der Waals surface area contributed by atoms with Crippen LogP contribution >= 0.6 is 15.9 Å². The number of alkyl halides is 1. The zero-order valence-electron chi connectivity index (χ0n) is 17.0. The van der Waals surface area contributed by atoms with E-state index in [0.717, 1.165) is 29.5 Å². The largest absolute Gasteiger partial charge is 0.328 e. The molecule has 4 rings (SSSR count). The maximum absolute atomic E-state index is 13.9. The fourth-order valence-electron chi connectivity index (χ4n) is 4.40. The van der Waals surface area contributed by atoms with Crippen LogP contribution in [0.5, 0.6) is 0 Å². The third-order valence-electron chi connectivity index (χ3n) is 5.84. The second kappa shape index (κ2) is 9.82. The average molecular weight is 475 g/mol. The van der Waals surface area contributed by atoms with Crippen molar-refractivity contribution < 1.29 is 4.79 Å². The van der Waals surface area contributed by atoms with Gasteiger partial charge < -0.3 is 4.90 Å². The van der Waals surface area contributed by atoms with Crippen LogP contribution in [0.2, 0.25) is 0 Å². The Balaban J connectivity index is 1.72. The van der Waals surface area contributed by atoms with E-state index in [-0.39, 0.29) is 18.0 Å². The van der Waals surface area contributed by atoms with Crippen molar-refractivity contribution in [3.8, 4) is 0 Å². The minimum absolute atomic E-state index is 0.0264. The van der Waals surface area contributed by atoms with Crippen LogP contribution in [0, 0.1) is 0 Å². The molecule has 1 amide bonds. The summed E-state index contributed by atoms with van der Waals surface area (Å²) in [6, 6.07) is 29.0. The maximum Gasteiger partial charge on any atom is 0.238 e. The van der Waals surface area contributed by atoms with Gasteiger partial charge in [-0.1, -0.05) is 112 Å². The first-order valence-electron chi connectivity index (χ1n) is 10.4. The van der Waals surface area contributed by atoms with Crippen molar-refractivity contribution in [2.45, 2.75) is 35.8 Å². The molecule has 4 atom stereocenters. The molecule has 5 nitrogen and oxygen atoms in total. The molecule has 0 saturated carbocycles. The quantitative estimate of drug-likeness (QED) is 0.165. The van der Waals surface area contributed by atoms with Crippen LogP contribution in [0.3, 0.4) is 0 Å². The summed E-state index contributed by atoms with van der Waals surface area (Å²) in [6.07, 6.45) is 1.76. The smallest absolute Gasteiger partial charge is 0.238 e. The number of rotatable bonds is 6. The topological polar surface area (TPSA) is 69.1 Å². The highest BCUT2D eigenvalue weighted by atomic mass is 79.9. The molecule has 1 aliphatic rings. The molecule has 31 heavy (non-hydrogen) atoms. The van der Waals surface area contributed by atoms with Crippen LogP contribution in [-0.2, 0) is 4.79 Å². The summed E-state index contributed by atoms with van der Waals surface area (Å²) in [7, 11) is 0. The summed E-state index contributed by atoms with van der Waals surface area (Å²) < 4.78 is 0. The second-order valence-corrected chi connectivity index (χ2v) is 8.62. The molecular weight excluding hydrogens is 452 g/mol. The monoisotopic (exact) mass is 474 g/mol. The maximum atomic E-state index is 13.9. The molecule has 0 spiro atoms. The number of carbonyl (C=O) groups excluding carboxylic acids is 1. The van der Waals surface area contributed by atoms with Crippen molar-refractivity contribution in [1.29, 1.82) is 0 Å². The fourth-order valence-corrected chi connectivity index (χ4v) is 5.05. The summed E-state index contributed by atoms with van der Waals surface area (Å²) in [5, 5.41) is 3.97. The first kappa shape index (κ1) is 21.2. The number of benzene rings is 3. The van der Waals surface area contributed by atoms with Crippen molar-refractivity contribution in [1.82, 2.24) is 4.90 Å². The van der Waals surface area contributed by atoms with Crippen LogP contribution in [0.25, 0.3) is 10.4 Å². The molecule has 1 saturated heterocycles. The van der Waals surface area contributed by atoms with Crippen molar-refractivity contribution in [3.63, 3.8) is 0 Å². The number of halogens is 1. The zero-order valence-corrected chi connectivity index (χ0v) is 18.5. The third kappa shape index (κ3) is 4.50.